The van der Waals surface area contributed by atoms with Gasteiger partial charge in [0.25, 0.3) is 0 Å². The van der Waals surface area contributed by atoms with Gasteiger partial charge >= 0.3 is 0 Å². The predicted molar refractivity (Wildman–Crippen MR) is 36.9 cm³/mol. The van der Waals surface area contributed by atoms with E-state index in [0.29, 0.717) is 0 Å². The minimum atomic E-state index is 0.0463. The highest BCUT2D eigenvalue weighted by atomic mass is 16.1. The van der Waals surface area contributed by atoms with Crippen molar-refractivity contribution in [3.05, 3.63) is 23.9 Å². The molecule has 2 aliphatic rings. The number of fused-ring (bicyclic) bond motifs is 1. The van der Waals surface area contributed by atoms with Gasteiger partial charge in [-0.25, -0.2) is 5.43 Å². The molecular weight excluding hydrogens is 128 g/mol. The smallest absolute Gasteiger partial charge is 0.166 e. The summed E-state index contributed by atoms with van der Waals surface area (Å²) in [6.07, 6.45) is 5.31. The van der Waals surface area contributed by atoms with E-state index in [1.54, 1.807) is 12.2 Å². The van der Waals surface area contributed by atoms with Gasteiger partial charge in [0.1, 0.15) is 0 Å². The number of allylic oxidation sites excluding steroid dienone is 3. The maximum absolute atomic E-state index is 11.1. The fourth-order valence-electron chi connectivity index (χ4n) is 1.23. The maximum atomic E-state index is 11.1. The van der Waals surface area contributed by atoms with Crippen LogP contribution in [0.1, 0.15) is 0 Å². The van der Waals surface area contributed by atoms with Gasteiger partial charge in [-0.2, -0.15) is 0 Å². The number of carbonyl (C=O) groups excluding carboxylic acids is 1. The molecule has 1 heterocycles. The number of ketones is 1. The van der Waals surface area contributed by atoms with Crippen LogP contribution in [-0.4, -0.2) is 12.3 Å². The van der Waals surface area contributed by atoms with E-state index < -0.39 is 0 Å². The number of rotatable bonds is 0. The molecule has 1 fully saturated rings. The van der Waals surface area contributed by atoms with Crippen LogP contribution in [0, 0.1) is 5.92 Å². The quantitative estimate of drug-likeness (QED) is 0.481. The van der Waals surface area contributed by atoms with E-state index in [1.165, 1.54) is 0 Å². The third-order valence-corrected chi connectivity index (χ3v) is 1.79. The number of carbonyl (C=O) groups is 1. The first-order valence-electron chi connectivity index (χ1n) is 3.29. The van der Waals surface area contributed by atoms with Crippen molar-refractivity contribution in [3.8, 4) is 0 Å². The van der Waals surface area contributed by atoms with Crippen LogP contribution in [0.3, 0.4) is 0 Å². The second kappa shape index (κ2) is 1.95. The molecule has 3 heteroatoms. The van der Waals surface area contributed by atoms with Crippen LogP contribution in [0.2, 0.25) is 0 Å². The molecule has 2 rings (SSSR count). The highest BCUT2D eigenvalue weighted by Gasteiger charge is 2.26. The molecule has 1 saturated heterocycles. The summed E-state index contributed by atoms with van der Waals surface area (Å²) in [6, 6.07) is 0. The normalized spacial score (nSPS) is 29.4. The third kappa shape index (κ3) is 0.675. The number of nitrogens with one attached hydrogen (secondary N) is 2. The Hall–Kier alpha value is -1.09. The van der Waals surface area contributed by atoms with Gasteiger partial charge < -0.3 is 5.43 Å². The fraction of sp³-hybridized carbons (Fsp3) is 0.286. The zero-order valence-corrected chi connectivity index (χ0v) is 5.42. The Balaban J connectivity index is 2.33. The van der Waals surface area contributed by atoms with Crippen molar-refractivity contribution in [1.82, 2.24) is 10.9 Å². The molecule has 0 saturated carbocycles. The van der Waals surface area contributed by atoms with Gasteiger partial charge in [0, 0.05) is 12.2 Å². The minimum absolute atomic E-state index is 0.0463. The van der Waals surface area contributed by atoms with Crippen LogP contribution < -0.4 is 10.9 Å². The summed E-state index contributed by atoms with van der Waals surface area (Å²) in [5.41, 5.74) is 6.84. The minimum Gasteiger partial charge on any atom is -0.325 e. The van der Waals surface area contributed by atoms with Gasteiger partial charge in [0.2, 0.25) is 0 Å². The van der Waals surface area contributed by atoms with E-state index in [4.69, 9.17) is 0 Å². The molecule has 0 spiro atoms. The first-order valence-corrected chi connectivity index (χ1v) is 3.29. The van der Waals surface area contributed by atoms with Crippen molar-refractivity contribution < 1.29 is 4.79 Å². The van der Waals surface area contributed by atoms with Gasteiger partial charge in [-0.05, 0) is 12.2 Å². The standard InChI is InChI=1S/C7H8N2O/c10-7-3-1-2-6-5(7)4-8-9-6/h1-3,5,8-9H,4H2. The summed E-state index contributed by atoms with van der Waals surface area (Å²) in [5, 5.41) is 0. The maximum Gasteiger partial charge on any atom is 0.166 e. The monoisotopic (exact) mass is 136 g/mol. The Kier molecular flexibility index (Phi) is 1.11. The average Bonchev–Trinajstić information content (AvgIpc) is 2.36. The molecule has 0 amide bonds. The molecule has 0 radical (unpaired) electrons. The first kappa shape index (κ1) is 5.68. The van der Waals surface area contributed by atoms with Gasteiger partial charge in [0.05, 0.1) is 5.92 Å². The molecule has 1 aliphatic carbocycles. The van der Waals surface area contributed by atoms with Crippen LogP contribution in [0.25, 0.3) is 0 Å². The molecule has 1 atom stereocenters. The second-order valence-corrected chi connectivity index (χ2v) is 2.44. The van der Waals surface area contributed by atoms with Crippen LogP contribution >= 0.6 is 0 Å². The van der Waals surface area contributed by atoms with Crippen LogP contribution in [0.4, 0.5) is 0 Å². The van der Waals surface area contributed by atoms with Gasteiger partial charge in [0.15, 0.2) is 5.78 Å². The lowest BCUT2D eigenvalue weighted by molar-refractivity contribution is -0.116. The first-order chi connectivity index (χ1) is 4.88. The number of hydrogen-bond donors (Lipinski definition) is 2. The van der Waals surface area contributed by atoms with Crippen molar-refractivity contribution in [1.29, 1.82) is 0 Å². The molecule has 0 aromatic rings. The largest absolute Gasteiger partial charge is 0.325 e. The van der Waals surface area contributed by atoms with Crippen LogP contribution in [0.15, 0.2) is 23.9 Å². The summed E-state index contributed by atoms with van der Waals surface area (Å²) in [6.45, 7) is 0.717. The molecular formula is C7H8N2O. The van der Waals surface area contributed by atoms with Gasteiger partial charge in [-0.1, -0.05) is 6.08 Å². The highest BCUT2D eigenvalue weighted by Crippen LogP contribution is 2.16. The predicted octanol–water partition coefficient (Wildman–Crippen LogP) is -0.267. The van der Waals surface area contributed by atoms with Crippen molar-refractivity contribution in [3.63, 3.8) is 0 Å². The number of hydrazine groups is 1. The Bertz CT molecular complexity index is 230. The van der Waals surface area contributed by atoms with Crippen LogP contribution in [-0.2, 0) is 4.79 Å². The van der Waals surface area contributed by atoms with E-state index in [-0.39, 0.29) is 11.7 Å². The van der Waals surface area contributed by atoms with Gasteiger partial charge in [-0.15, -0.1) is 0 Å². The molecule has 3 nitrogen and oxygen atoms in total. The number of hydrogen-bond acceptors (Lipinski definition) is 3. The molecule has 0 aromatic heterocycles. The summed E-state index contributed by atoms with van der Waals surface area (Å²) >= 11 is 0. The zero-order valence-electron chi connectivity index (χ0n) is 5.42. The van der Waals surface area contributed by atoms with E-state index in [9.17, 15) is 4.79 Å². The summed E-state index contributed by atoms with van der Waals surface area (Å²) in [5.74, 6) is 0.236. The van der Waals surface area contributed by atoms with Crippen molar-refractivity contribution in [2.75, 3.05) is 6.54 Å². The van der Waals surface area contributed by atoms with Gasteiger partial charge in [-0.3, -0.25) is 4.79 Å². The summed E-state index contributed by atoms with van der Waals surface area (Å²) in [4.78, 5) is 11.1. The zero-order chi connectivity index (χ0) is 6.97. The topological polar surface area (TPSA) is 41.1 Å². The lowest BCUT2D eigenvalue weighted by atomic mass is 9.97. The fourth-order valence-corrected chi connectivity index (χ4v) is 1.23. The Morgan fingerprint density at radius 3 is 3.30 bits per heavy atom. The van der Waals surface area contributed by atoms with E-state index in [1.807, 2.05) is 6.08 Å². The lowest BCUT2D eigenvalue weighted by Crippen LogP contribution is -2.20. The molecule has 0 aromatic carbocycles. The van der Waals surface area contributed by atoms with Crippen molar-refractivity contribution >= 4 is 5.78 Å². The SMILES string of the molecule is O=C1C=CC=C2NNCC12. The summed E-state index contributed by atoms with van der Waals surface area (Å²) < 4.78 is 0. The molecule has 1 unspecified atom stereocenters. The molecule has 10 heavy (non-hydrogen) atoms. The molecule has 2 N–H and O–H groups in total. The average molecular weight is 136 g/mol. The Morgan fingerprint density at radius 2 is 2.50 bits per heavy atom. The lowest BCUT2D eigenvalue weighted by Gasteiger charge is -2.07. The molecule has 0 bridgehead atoms. The van der Waals surface area contributed by atoms with Crippen molar-refractivity contribution in [2.24, 2.45) is 5.92 Å². The highest BCUT2D eigenvalue weighted by molar-refractivity contribution is 5.95. The van der Waals surface area contributed by atoms with E-state index in [0.717, 1.165) is 12.2 Å². The van der Waals surface area contributed by atoms with E-state index in [2.05, 4.69) is 10.9 Å². The Labute approximate surface area is 58.8 Å². The van der Waals surface area contributed by atoms with E-state index >= 15 is 0 Å². The van der Waals surface area contributed by atoms with Crippen molar-refractivity contribution in [2.45, 2.75) is 0 Å². The molecule has 1 aliphatic heterocycles. The summed E-state index contributed by atoms with van der Waals surface area (Å²) in [7, 11) is 0. The van der Waals surface area contributed by atoms with Crippen LogP contribution in [0.5, 0.6) is 0 Å². The Morgan fingerprint density at radius 1 is 1.60 bits per heavy atom. The third-order valence-electron chi connectivity index (χ3n) is 1.79. The molecule has 52 valence electrons. The second-order valence-electron chi connectivity index (χ2n) is 2.44.